The third-order valence-electron chi connectivity index (χ3n) is 12.5. The lowest BCUT2D eigenvalue weighted by molar-refractivity contribution is 0.0605. The van der Waals surface area contributed by atoms with E-state index in [9.17, 15) is 17.6 Å². The van der Waals surface area contributed by atoms with E-state index in [0.29, 0.717) is 49.1 Å². The number of aromatic nitrogens is 2. The zero-order valence-electron chi connectivity index (χ0n) is 31.4. The average Bonchev–Trinajstić information content (AvgIpc) is 3.56. The summed E-state index contributed by atoms with van der Waals surface area (Å²) in [5.74, 6) is 1.14. The largest absolute Gasteiger partial charge is 0.451 e. The second-order valence-electron chi connectivity index (χ2n) is 16.7. The molecule has 0 unspecified atom stereocenters. The highest BCUT2D eigenvalue weighted by Crippen LogP contribution is 2.45. The van der Waals surface area contributed by atoms with E-state index in [-0.39, 0.29) is 34.7 Å². The van der Waals surface area contributed by atoms with Gasteiger partial charge in [0.15, 0.2) is 11.6 Å². The normalized spacial score (nSPS) is 23.1. The van der Waals surface area contributed by atoms with Gasteiger partial charge in [-0.05, 0) is 122 Å². The van der Waals surface area contributed by atoms with Crippen molar-refractivity contribution in [2.24, 2.45) is 16.7 Å². The van der Waals surface area contributed by atoms with Crippen LogP contribution in [-0.4, -0.2) is 127 Å². The predicted molar refractivity (Wildman–Crippen MR) is 199 cm³/mol. The van der Waals surface area contributed by atoms with Crippen LogP contribution in [0.3, 0.4) is 0 Å². The van der Waals surface area contributed by atoms with Gasteiger partial charge >= 0.3 is 0 Å². The van der Waals surface area contributed by atoms with E-state index in [2.05, 4.69) is 25.1 Å². The highest BCUT2D eigenvalue weighted by molar-refractivity contribution is 7.86. The van der Waals surface area contributed by atoms with Gasteiger partial charge in [-0.15, -0.1) is 0 Å². The molecule has 0 bridgehead atoms. The van der Waals surface area contributed by atoms with Gasteiger partial charge < -0.3 is 24.8 Å². The van der Waals surface area contributed by atoms with Crippen LogP contribution in [-0.2, 0) is 10.2 Å². The van der Waals surface area contributed by atoms with Gasteiger partial charge in [0.05, 0.1) is 11.8 Å². The van der Waals surface area contributed by atoms with Crippen molar-refractivity contribution >= 4 is 21.9 Å². The molecule has 5 aliphatic rings. The minimum atomic E-state index is -3.39. The van der Waals surface area contributed by atoms with E-state index in [0.717, 1.165) is 84.3 Å². The van der Waals surface area contributed by atoms with Gasteiger partial charge in [0.25, 0.3) is 16.1 Å². The quantitative estimate of drug-likeness (QED) is 0.374. The summed E-state index contributed by atoms with van der Waals surface area (Å²) in [6, 6.07) is 3.93. The van der Waals surface area contributed by atoms with Gasteiger partial charge in [-0.2, -0.15) is 17.0 Å². The maximum absolute atomic E-state index is 14.4. The molecule has 1 aromatic carbocycles. The smallest absolute Gasteiger partial charge is 0.281 e. The lowest BCUT2D eigenvalue weighted by atomic mass is 9.72. The number of carbonyl (C=O) groups is 1. The number of ether oxygens (including phenoxy) is 1. The summed E-state index contributed by atoms with van der Waals surface area (Å²) in [5, 5.41) is 3.47. The fraction of sp³-hybridized carbons (Fsp3) is 0.711. The molecule has 52 heavy (non-hydrogen) atoms. The SMILES string of the molecule is CC(C)N(C(=O)c1cc(F)ccc1Oc1cncnc1N1CC2(CCN(CC3CCN(S(=O)(=O)N4CCC5(CCNC5)CC4)CC3)CC2)C1)C(C)C. The number of hydrogen-bond donors (Lipinski definition) is 1. The Balaban J connectivity index is 0.896. The van der Waals surface area contributed by atoms with E-state index in [1.165, 1.54) is 30.9 Å². The molecule has 1 amide bonds. The van der Waals surface area contributed by atoms with Crippen LogP contribution in [0.4, 0.5) is 10.2 Å². The van der Waals surface area contributed by atoms with Crippen molar-refractivity contribution in [1.82, 2.24) is 33.7 Å². The Hall–Kier alpha value is -2.91. The summed E-state index contributed by atoms with van der Waals surface area (Å²) < 4.78 is 51.2. The molecule has 2 spiro atoms. The minimum absolute atomic E-state index is 0.0631. The number of likely N-dealkylation sites (tertiary alicyclic amines) is 1. The van der Waals surface area contributed by atoms with Crippen molar-refractivity contribution in [3.8, 4) is 11.5 Å². The monoisotopic (exact) mass is 740 g/mol. The highest BCUT2D eigenvalue weighted by Gasteiger charge is 2.47. The first-order valence-electron chi connectivity index (χ1n) is 19.4. The molecule has 2 aromatic rings. The summed E-state index contributed by atoms with van der Waals surface area (Å²) in [4.78, 5) is 28.9. The van der Waals surface area contributed by atoms with Crippen LogP contribution in [0.25, 0.3) is 0 Å². The zero-order chi connectivity index (χ0) is 36.7. The molecule has 0 saturated carbocycles. The first-order valence-corrected chi connectivity index (χ1v) is 20.8. The first-order chi connectivity index (χ1) is 24.9. The van der Waals surface area contributed by atoms with Crippen molar-refractivity contribution in [2.75, 3.05) is 76.9 Å². The zero-order valence-corrected chi connectivity index (χ0v) is 32.2. The molecular weight excluding hydrogens is 684 g/mol. The van der Waals surface area contributed by atoms with Crippen LogP contribution in [0.2, 0.25) is 0 Å². The Kier molecular flexibility index (Phi) is 10.8. The molecule has 5 aliphatic heterocycles. The summed E-state index contributed by atoms with van der Waals surface area (Å²) in [6.45, 7) is 17.2. The van der Waals surface area contributed by atoms with Crippen LogP contribution in [0.1, 0.15) is 83.0 Å². The number of amides is 1. The summed E-state index contributed by atoms with van der Waals surface area (Å²) >= 11 is 0. The number of benzene rings is 1. The number of piperidine rings is 3. The number of anilines is 1. The molecule has 5 fully saturated rings. The van der Waals surface area contributed by atoms with Gasteiger partial charge in [-0.1, -0.05) is 0 Å². The molecule has 14 heteroatoms. The van der Waals surface area contributed by atoms with Crippen molar-refractivity contribution in [3.05, 3.63) is 42.1 Å². The molecule has 6 heterocycles. The van der Waals surface area contributed by atoms with Gasteiger partial charge in [-0.25, -0.2) is 14.4 Å². The molecule has 286 valence electrons. The van der Waals surface area contributed by atoms with E-state index < -0.39 is 16.0 Å². The fourth-order valence-electron chi connectivity index (χ4n) is 9.41. The Morgan fingerprint density at radius 2 is 1.60 bits per heavy atom. The maximum Gasteiger partial charge on any atom is 0.281 e. The standard InChI is InChI=1S/C38H57FN8O4S/c1-28(2)47(29(3)4)36(48)32-21-31(39)5-6-33(32)51-34-22-41-27-42-35(34)44-25-38(26-44)10-17-43(18-11-38)23-30-7-15-45(16-8-30)52(49,50)46-19-12-37(13-20-46)9-14-40-24-37/h5-6,21-22,27-30,40H,7-20,23-26H2,1-4H3. The fourth-order valence-corrected chi connectivity index (χ4v) is 11.0. The third-order valence-corrected chi connectivity index (χ3v) is 14.6. The molecule has 12 nitrogen and oxygen atoms in total. The molecule has 1 N–H and O–H groups in total. The second kappa shape index (κ2) is 15.1. The van der Waals surface area contributed by atoms with Crippen LogP contribution in [0, 0.1) is 22.6 Å². The Bertz CT molecular complexity index is 1660. The first kappa shape index (κ1) is 37.4. The number of nitrogens with zero attached hydrogens (tertiary/aromatic N) is 7. The molecular formula is C38H57FN8O4S. The van der Waals surface area contributed by atoms with E-state index >= 15 is 0 Å². The van der Waals surface area contributed by atoms with Gasteiger partial charge in [0.1, 0.15) is 17.9 Å². The second-order valence-corrected chi connectivity index (χ2v) is 18.6. The Morgan fingerprint density at radius 1 is 0.942 bits per heavy atom. The Labute approximate surface area is 309 Å². The van der Waals surface area contributed by atoms with E-state index in [4.69, 9.17) is 4.74 Å². The number of carbonyl (C=O) groups excluding carboxylic acids is 1. The van der Waals surface area contributed by atoms with Crippen molar-refractivity contribution < 1.29 is 22.3 Å². The molecule has 0 atom stereocenters. The van der Waals surface area contributed by atoms with Crippen molar-refractivity contribution in [1.29, 1.82) is 0 Å². The lowest BCUT2D eigenvalue weighted by Gasteiger charge is -2.54. The van der Waals surface area contributed by atoms with E-state index in [1.54, 1.807) is 19.7 Å². The summed E-state index contributed by atoms with van der Waals surface area (Å²) in [6.07, 6.45) is 10.3. The number of rotatable bonds is 10. The van der Waals surface area contributed by atoms with Crippen molar-refractivity contribution in [2.45, 2.75) is 84.7 Å². The van der Waals surface area contributed by atoms with Gasteiger partial charge in [0, 0.05) is 69.9 Å². The van der Waals surface area contributed by atoms with Crippen molar-refractivity contribution in [3.63, 3.8) is 0 Å². The molecule has 0 aliphatic carbocycles. The van der Waals surface area contributed by atoms with Crippen LogP contribution < -0.4 is 15.0 Å². The third kappa shape index (κ3) is 7.69. The number of halogens is 1. The number of nitrogens with one attached hydrogen (secondary N) is 1. The molecule has 0 radical (unpaired) electrons. The summed E-state index contributed by atoms with van der Waals surface area (Å²) in [5.41, 5.74) is 0.691. The van der Waals surface area contributed by atoms with Gasteiger partial charge in [0.2, 0.25) is 0 Å². The molecule has 1 aromatic heterocycles. The van der Waals surface area contributed by atoms with Gasteiger partial charge in [-0.3, -0.25) is 4.79 Å². The average molecular weight is 741 g/mol. The highest BCUT2D eigenvalue weighted by atomic mass is 32.2. The number of hydrogen-bond acceptors (Lipinski definition) is 9. The minimum Gasteiger partial charge on any atom is -0.451 e. The Morgan fingerprint density at radius 3 is 2.23 bits per heavy atom. The predicted octanol–water partition coefficient (Wildman–Crippen LogP) is 4.60. The van der Waals surface area contributed by atoms with Crippen LogP contribution in [0.5, 0.6) is 11.5 Å². The van der Waals surface area contributed by atoms with Crippen LogP contribution >= 0.6 is 0 Å². The molecule has 5 saturated heterocycles. The molecule has 7 rings (SSSR count). The van der Waals surface area contributed by atoms with E-state index in [1.807, 2.05) is 27.7 Å². The lowest BCUT2D eigenvalue weighted by Crippen LogP contribution is -2.61. The maximum atomic E-state index is 14.4. The van der Waals surface area contributed by atoms with Crippen LogP contribution in [0.15, 0.2) is 30.7 Å². The summed E-state index contributed by atoms with van der Waals surface area (Å²) in [7, 11) is -3.39. The topological polar surface area (TPSA) is 114 Å².